The van der Waals surface area contributed by atoms with Gasteiger partial charge in [-0.2, -0.15) is 8.42 Å². The highest BCUT2D eigenvalue weighted by Crippen LogP contribution is 2.24. The third kappa shape index (κ3) is 3.56. The summed E-state index contributed by atoms with van der Waals surface area (Å²) >= 11 is 0. The van der Waals surface area contributed by atoms with Gasteiger partial charge in [0.15, 0.2) is 0 Å². The van der Waals surface area contributed by atoms with Gasteiger partial charge in [0.1, 0.15) is 0 Å². The van der Waals surface area contributed by atoms with Gasteiger partial charge in [0.2, 0.25) is 0 Å². The SMILES string of the molecule is CCCc1cc(CC)c(S(=O)(=O)O)cc1CCC. The summed E-state index contributed by atoms with van der Waals surface area (Å²) in [7, 11) is -4.12. The minimum absolute atomic E-state index is 0.0771. The summed E-state index contributed by atoms with van der Waals surface area (Å²) in [4.78, 5) is 0.0771. The van der Waals surface area contributed by atoms with Crippen LogP contribution in [0.25, 0.3) is 0 Å². The van der Waals surface area contributed by atoms with E-state index in [2.05, 4.69) is 13.8 Å². The second kappa shape index (κ2) is 6.34. The minimum Gasteiger partial charge on any atom is -0.282 e. The van der Waals surface area contributed by atoms with E-state index in [9.17, 15) is 13.0 Å². The van der Waals surface area contributed by atoms with Gasteiger partial charge in [-0.3, -0.25) is 4.55 Å². The van der Waals surface area contributed by atoms with E-state index in [4.69, 9.17) is 0 Å². The van der Waals surface area contributed by atoms with E-state index in [0.717, 1.165) is 31.2 Å². The zero-order valence-corrected chi connectivity index (χ0v) is 12.2. The highest BCUT2D eigenvalue weighted by atomic mass is 32.2. The van der Waals surface area contributed by atoms with Crippen LogP contribution in [0.4, 0.5) is 0 Å². The summed E-state index contributed by atoms with van der Waals surface area (Å²) in [6, 6.07) is 3.60. The first-order valence-electron chi connectivity index (χ1n) is 6.56. The van der Waals surface area contributed by atoms with Gasteiger partial charge in [-0.25, -0.2) is 0 Å². The normalized spacial score (nSPS) is 11.8. The van der Waals surface area contributed by atoms with Crippen molar-refractivity contribution in [1.29, 1.82) is 0 Å². The average Bonchev–Trinajstić information content (AvgIpc) is 2.30. The molecule has 3 nitrogen and oxygen atoms in total. The Morgan fingerprint density at radius 2 is 1.44 bits per heavy atom. The summed E-state index contributed by atoms with van der Waals surface area (Å²) < 4.78 is 32.1. The quantitative estimate of drug-likeness (QED) is 0.806. The van der Waals surface area contributed by atoms with Gasteiger partial charge in [0.25, 0.3) is 10.1 Å². The third-order valence-corrected chi connectivity index (χ3v) is 4.02. The highest BCUT2D eigenvalue weighted by molar-refractivity contribution is 7.85. The molecule has 0 aromatic heterocycles. The fourth-order valence-electron chi connectivity index (χ4n) is 2.24. The van der Waals surface area contributed by atoms with Gasteiger partial charge in [-0.1, -0.05) is 39.7 Å². The monoisotopic (exact) mass is 270 g/mol. The van der Waals surface area contributed by atoms with Crippen LogP contribution >= 0.6 is 0 Å². The first-order chi connectivity index (χ1) is 8.43. The molecular formula is C14H22O3S. The predicted molar refractivity (Wildman–Crippen MR) is 73.6 cm³/mol. The Kier molecular flexibility index (Phi) is 5.35. The van der Waals surface area contributed by atoms with Crippen molar-refractivity contribution in [2.24, 2.45) is 0 Å². The molecule has 1 N–H and O–H groups in total. The van der Waals surface area contributed by atoms with Crippen LogP contribution in [-0.2, 0) is 29.4 Å². The van der Waals surface area contributed by atoms with E-state index in [0.29, 0.717) is 12.0 Å². The molecule has 0 aliphatic carbocycles. The summed E-state index contributed by atoms with van der Waals surface area (Å²) in [5.41, 5.74) is 2.97. The molecule has 0 aliphatic rings. The van der Waals surface area contributed by atoms with Crippen LogP contribution in [0.5, 0.6) is 0 Å². The Morgan fingerprint density at radius 1 is 0.944 bits per heavy atom. The maximum absolute atomic E-state index is 11.4. The van der Waals surface area contributed by atoms with E-state index in [1.165, 1.54) is 5.56 Å². The molecular weight excluding hydrogens is 248 g/mol. The molecule has 1 aromatic carbocycles. The number of hydrogen-bond acceptors (Lipinski definition) is 2. The largest absolute Gasteiger partial charge is 0.294 e. The maximum atomic E-state index is 11.4. The van der Waals surface area contributed by atoms with Crippen molar-refractivity contribution in [2.75, 3.05) is 0 Å². The third-order valence-electron chi connectivity index (χ3n) is 3.08. The molecule has 0 saturated heterocycles. The van der Waals surface area contributed by atoms with Crippen LogP contribution in [0.15, 0.2) is 17.0 Å². The maximum Gasteiger partial charge on any atom is 0.294 e. The van der Waals surface area contributed by atoms with Gasteiger partial charge in [0.05, 0.1) is 4.90 Å². The molecule has 0 bridgehead atoms. The van der Waals surface area contributed by atoms with Crippen molar-refractivity contribution < 1.29 is 13.0 Å². The van der Waals surface area contributed by atoms with Crippen molar-refractivity contribution in [3.63, 3.8) is 0 Å². The van der Waals surface area contributed by atoms with Crippen LogP contribution in [0.1, 0.15) is 50.3 Å². The molecule has 0 heterocycles. The predicted octanol–water partition coefficient (Wildman–Crippen LogP) is 3.40. The molecule has 0 atom stereocenters. The zero-order chi connectivity index (χ0) is 13.8. The Bertz CT molecular complexity index is 504. The lowest BCUT2D eigenvalue weighted by molar-refractivity contribution is 0.482. The topological polar surface area (TPSA) is 54.4 Å². The number of rotatable bonds is 6. The number of aryl methyl sites for hydroxylation is 3. The lowest BCUT2D eigenvalue weighted by Gasteiger charge is -2.13. The fourth-order valence-corrected chi connectivity index (χ4v) is 3.06. The molecule has 102 valence electrons. The van der Waals surface area contributed by atoms with E-state index in [1.54, 1.807) is 6.07 Å². The second-order valence-electron chi connectivity index (χ2n) is 4.56. The molecule has 0 spiro atoms. The van der Waals surface area contributed by atoms with Crippen molar-refractivity contribution in [2.45, 2.75) is 57.8 Å². The summed E-state index contributed by atoms with van der Waals surface area (Å²) in [5, 5.41) is 0. The fraction of sp³-hybridized carbons (Fsp3) is 0.571. The smallest absolute Gasteiger partial charge is 0.282 e. The molecule has 0 radical (unpaired) electrons. The Hall–Kier alpha value is -0.870. The lowest BCUT2D eigenvalue weighted by Crippen LogP contribution is -2.06. The first kappa shape index (κ1) is 15.2. The van der Waals surface area contributed by atoms with Gasteiger partial charge in [-0.15, -0.1) is 0 Å². The first-order valence-corrected chi connectivity index (χ1v) is 8.00. The zero-order valence-electron chi connectivity index (χ0n) is 11.4. The average molecular weight is 270 g/mol. The molecule has 18 heavy (non-hydrogen) atoms. The summed E-state index contributed by atoms with van der Waals surface area (Å²) in [5.74, 6) is 0. The van der Waals surface area contributed by atoms with Gasteiger partial charge in [-0.05, 0) is 42.0 Å². The minimum atomic E-state index is -4.12. The van der Waals surface area contributed by atoms with Crippen molar-refractivity contribution in [1.82, 2.24) is 0 Å². The molecule has 4 heteroatoms. The number of benzene rings is 1. The van der Waals surface area contributed by atoms with Crippen LogP contribution in [0.3, 0.4) is 0 Å². The summed E-state index contributed by atoms with van der Waals surface area (Å²) in [6.45, 7) is 6.08. The van der Waals surface area contributed by atoms with E-state index in [-0.39, 0.29) is 4.90 Å². The van der Waals surface area contributed by atoms with Crippen molar-refractivity contribution >= 4 is 10.1 Å². The molecule has 1 aromatic rings. The van der Waals surface area contributed by atoms with Gasteiger partial charge in [0, 0.05) is 0 Å². The van der Waals surface area contributed by atoms with E-state index in [1.807, 2.05) is 13.0 Å². The standard InChI is InChI=1S/C14H22O3S/c1-4-7-12-9-11(6-3)14(18(15,16)17)10-13(12)8-5-2/h9-10H,4-8H2,1-3H3,(H,15,16,17). The number of hydrogen-bond donors (Lipinski definition) is 1. The van der Waals surface area contributed by atoms with Crippen LogP contribution in [0, 0.1) is 0 Å². The second-order valence-corrected chi connectivity index (χ2v) is 5.95. The van der Waals surface area contributed by atoms with Crippen LogP contribution < -0.4 is 0 Å². The van der Waals surface area contributed by atoms with Crippen LogP contribution in [-0.4, -0.2) is 13.0 Å². The van der Waals surface area contributed by atoms with Gasteiger partial charge < -0.3 is 0 Å². The van der Waals surface area contributed by atoms with Crippen LogP contribution in [0.2, 0.25) is 0 Å². The summed E-state index contributed by atoms with van der Waals surface area (Å²) in [6.07, 6.45) is 4.41. The molecule has 0 amide bonds. The van der Waals surface area contributed by atoms with Crippen molar-refractivity contribution in [3.8, 4) is 0 Å². The molecule has 1 rings (SSSR count). The van der Waals surface area contributed by atoms with E-state index < -0.39 is 10.1 Å². The Morgan fingerprint density at radius 3 is 1.83 bits per heavy atom. The van der Waals surface area contributed by atoms with E-state index >= 15 is 0 Å². The molecule has 0 saturated carbocycles. The Labute approximate surface area is 110 Å². The molecule has 0 unspecified atom stereocenters. The van der Waals surface area contributed by atoms with Crippen molar-refractivity contribution in [3.05, 3.63) is 28.8 Å². The molecule has 0 aliphatic heterocycles. The Balaban J connectivity index is 3.41. The molecule has 0 fully saturated rings. The van der Waals surface area contributed by atoms with Gasteiger partial charge >= 0.3 is 0 Å². The highest BCUT2D eigenvalue weighted by Gasteiger charge is 2.17. The lowest BCUT2D eigenvalue weighted by atomic mass is 9.96.